The predicted molar refractivity (Wildman–Crippen MR) is 97.8 cm³/mol. The maximum atomic E-state index is 10.6. The van der Waals surface area contributed by atoms with Crippen LogP contribution in [0.25, 0.3) is 0 Å². The lowest BCUT2D eigenvalue weighted by molar-refractivity contribution is -0.137. The van der Waals surface area contributed by atoms with Gasteiger partial charge in [-0.05, 0) is 62.7 Å². The maximum Gasteiger partial charge on any atom is 0.303 e. The third kappa shape index (κ3) is 6.08. The van der Waals surface area contributed by atoms with Crippen LogP contribution >= 0.6 is 0 Å². The summed E-state index contributed by atoms with van der Waals surface area (Å²) in [6.07, 6.45) is 17.6. The summed E-state index contributed by atoms with van der Waals surface area (Å²) < 4.78 is 0. The Bertz CT molecular complexity index is 452. The minimum atomic E-state index is -0.695. The molecule has 0 unspecified atom stereocenters. The zero-order valence-electron chi connectivity index (χ0n) is 15.1. The minimum Gasteiger partial charge on any atom is -0.481 e. The van der Waals surface area contributed by atoms with Crippen molar-refractivity contribution in [3.63, 3.8) is 0 Å². The van der Waals surface area contributed by atoms with E-state index in [1.54, 1.807) is 0 Å². The van der Waals surface area contributed by atoms with Crippen molar-refractivity contribution in [1.29, 1.82) is 0 Å². The second-order valence-corrected chi connectivity index (χ2v) is 7.67. The summed E-state index contributed by atoms with van der Waals surface area (Å²) in [5.41, 5.74) is 1.54. The lowest BCUT2D eigenvalue weighted by Crippen LogP contribution is -2.08. The van der Waals surface area contributed by atoms with Crippen molar-refractivity contribution in [2.24, 2.45) is 17.8 Å². The lowest BCUT2D eigenvalue weighted by atomic mass is 9.91. The van der Waals surface area contributed by atoms with E-state index in [-0.39, 0.29) is 12.5 Å². The van der Waals surface area contributed by atoms with Crippen molar-refractivity contribution in [2.75, 3.05) is 0 Å². The van der Waals surface area contributed by atoms with Gasteiger partial charge in [0.1, 0.15) is 0 Å². The molecule has 0 aromatic rings. The third-order valence-electron chi connectivity index (χ3n) is 5.76. The van der Waals surface area contributed by atoms with Gasteiger partial charge in [0.05, 0.1) is 6.10 Å². The van der Waals surface area contributed by atoms with Crippen LogP contribution in [-0.4, -0.2) is 22.3 Å². The Hall–Kier alpha value is -1.09. The SMILES string of the molecule is CCCCC[C@H](O)C=C[C@H]1CC[C@@H]2C/C(=C/CCCC(=O)O)C[C@@H]21. The van der Waals surface area contributed by atoms with E-state index in [9.17, 15) is 9.90 Å². The Balaban J connectivity index is 1.75. The van der Waals surface area contributed by atoms with Gasteiger partial charge >= 0.3 is 5.97 Å². The van der Waals surface area contributed by atoms with Crippen LogP contribution in [0.15, 0.2) is 23.8 Å². The highest BCUT2D eigenvalue weighted by Crippen LogP contribution is 2.50. The number of hydrogen-bond acceptors (Lipinski definition) is 2. The number of allylic oxidation sites excluding steroid dienone is 3. The molecule has 2 rings (SSSR count). The molecule has 0 amide bonds. The largest absolute Gasteiger partial charge is 0.481 e. The molecule has 2 saturated carbocycles. The summed E-state index contributed by atoms with van der Waals surface area (Å²) in [5, 5.41) is 18.8. The molecule has 2 aliphatic carbocycles. The molecule has 0 saturated heterocycles. The van der Waals surface area contributed by atoms with Gasteiger partial charge in [-0.15, -0.1) is 0 Å². The lowest BCUT2D eigenvalue weighted by Gasteiger charge is -2.15. The van der Waals surface area contributed by atoms with Crippen LogP contribution in [0, 0.1) is 17.8 Å². The van der Waals surface area contributed by atoms with E-state index < -0.39 is 5.97 Å². The highest BCUT2D eigenvalue weighted by molar-refractivity contribution is 5.66. The van der Waals surface area contributed by atoms with E-state index in [2.05, 4.69) is 19.1 Å². The molecule has 0 heterocycles. The Kier molecular flexibility index (Phi) is 8.04. The van der Waals surface area contributed by atoms with Gasteiger partial charge in [-0.3, -0.25) is 4.79 Å². The smallest absolute Gasteiger partial charge is 0.303 e. The van der Waals surface area contributed by atoms with Crippen molar-refractivity contribution in [1.82, 2.24) is 0 Å². The second-order valence-electron chi connectivity index (χ2n) is 7.67. The molecule has 24 heavy (non-hydrogen) atoms. The molecule has 0 radical (unpaired) electrons. The van der Waals surface area contributed by atoms with Gasteiger partial charge in [0.15, 0.2) is 0 Å². The standard InChI is InChI=1S/C21H34O3/c1-2-3-4-8-19(22)13-12-17-10-11-18-14-16(15-20(17)18)7-5-6-9-21(23)24/h7,12-13,17-20,22H,2-6,8-11,14-15H2,1H3,(H,23,24)/b13-12?,16-7-/t17-,18-,19+,20-/m1/s1. The average Bonchev–Trinajstić information content (AvgIpc) is 3.10. The van der Waals surface area contributed by atoms with Gasteiger partial charge in [-0.25, -0.2) is 0 Å². The fourth-order valence-corrected chi connectivity index (χ4v) is 4.41. The predicted octanol–water partition coefficient (Wildman–Crippen LogP) is 5.10. The molecule has 2 aliphatic rings. The zero-order valence-corrected chi connectivity index (χ0v) is 15.1. The first kappa shape index (κ1) is 19.2. The van der Waals surface area contributed by atoms with Gasteiger partial charge in [-0.1, -0.05) is 50.0 Å². The average molecular weight is 335 g/mol. The van der Waals surface area contributed by atoms with E-state index in [0.717, 1.165) is 37.5 Å². The zero-order chi connectivity index (χ0) is 17.4. The fourth-order valence-electron chi connectivity index (χ4n) is 4.41. The van der Waals surface area contributed by atoms with E-state index in [1.807, 2.05) is 6.08 Å². The Morgan fingerprint density at radius 3 is 2.83 bits per heavy atom. The van der Waals surface area contributed by atoms with Crippen LogP contribution in [0.1, 0.15) is 77.6 Å². The van der Waals surface area contributed by atoms with Crippen LogP contribution in [0.4, 0.5) is 0 Å². The summed E-state index contributed by atoms with van der Waals surface area (Å²) in [7, 11) is 0. The normalized spacial score (nSPS) is 29.4. The van der Waals surface area contributed by atoms with Crippen molar-refractivity contribution in [3.05, 3.63) is 23.8 Å². The molecule has 3 nitrogen and oxygen atoms in total. The molecule has 2 fully saturated rings. The van der Waals surface area contributed by atoms with Crippen molar-refractivity contribution < 1.29 is 15.0 Å². The van der Waals surface area contributed by atoms with Gasteiger partial charge in [-0.2, -0.15) is 0 Å². The first-order valence-electron chi connectivity index (χ1n) is 9.86. The maximum absolute atomic E-state index is 10.6. The monoisotopic (exact) mass is 334 g/mol. The number of carboxylic acids is 1. The van der Waals surface area contributed by atoms with Crippen LogP contribution < -0.4 is 0 Å². The van der Waals surface area contributed by atoms with Crippen LogP contribution in [0.2, 0.25) is 0 Å². The first-order chi connectivity index (χ1) is 11.6. The molecule has 0 aromatic heterocycles. The molecular formula is C21H34O3. The fraction of sp³-hybridized carbons (Fsp3) is 0.762. The number of unbranched alkanes of at least 4 members (excludes halogenated alkanes) is 3. The summed E-state index contributed by atoms with van der Waals surface area (Å²) in [6, 6.07) is 0. The third-order valence-corrected chi connectivity index (χ3v) is 5.76. The Labute approximate surface area is 146 Å². The van der Waals surface area contributed by atoms with E-state index >= 15 is 0 Å². The van der Waals surface area contributed by atoms with Crippen molar-refractivity contribution >= 4 is 5.97 Å². The summed E-state index contributed by atoms with van der Waals surface area (Å²) in [5.74, 6) is 1.48. The number of aliphatic carboxylic acids is 1. The van der Waals surface area contributed by atoms with E-state index in [1.165, 1.54) is 44.1 Å². The Morgan fingerprint density at radius 2 is 2.08 bits per heavy atom. The highest BCUT2D eigenvalue weighted by atomic mass is 16.4. The molecule has 2 N–H and O–H groups in total. The molecule has 0 bridgehead atoms. The molecule has 4 atom stereocenters. The molecule has 0 spiro atoms. The highest BCUT2D eigenvalue weighted by Gasteiger charge is 2.39. The number of aliphatic hydroxyl groups excluding tert-OH is 1. The van der Waals surface area contributed by atoms with Crippen LogP contribution in [0.3, 0.4) is 0 Å². The molecule has 3 heteroatoms. The van der Waals surface area contributed by atoms with Crippen molar-refractivity contribution in [3.8, 4) is 0 Å². The second kappa shape index (κ2) is 10.0. The number of fused-ring (bicyclic) bond motifs is 1. The minimum absolute atomic E-state index is 0.275. The number of carbonyl (C=O) groups is 1. The quantitative estimate of drug-likeness (QED) is 0.431. The number of hydrogen-bond donors (Lipinski definition) is 2. The van der Waals surface area contributed by atoms with E-state index in [0.29, 0.717) is 5.92 Å². The number of carboxylic acid groups (broad SMARTS) is 1. The van der Waals surface area contributed by atoms with Gasteiger partial charge in [0.25, 0.3) is 0 Å². The van der Waals surface area contributed by atoms with Gasteiger partial charge < -0.3 is 10.2 Å². The summed E-state index contributed by atoms with van der Waals surface area (Å²) >= 11 is 0. The molecular weight excluding hydrogens is 300 g/mol. The van der Waals surface area contributed by atoms with Crippen LogP contribution in [-0.2, 0) is 4.79 Å². The molecule has 0 aromatic carbocycles. The first-order valence-corrected chi connectivity index (χ1v) is 9.86. The van der Waals surface area contributed by atoms with Gasteiger partial charge in [0.2, 0.25) is 0 Å². The van der Waals surface area contributed by atoms with Gasteiger partial charge in [0, 0.05) is 6.42 Å². The molecule has 136 valence electrons. The summed E-state index contributed by atoms with van der Waals surface area (Å²) in [4.78, 5) is 10.6. The van der Waals surface area contributed by atoms with Crippen LogP contribution in [0.5, 0.6) is 0 Å². The number of rotatable bonds is 10. The molecule has 0 aliphatic heterocycles. The van der Waals surface area contributed by atoms with E-state index in [4.69, 9.17) is 5.11 Å². The number of aliphatic hydroxyl groups is 1. The topological polar surface area (TPSA) is 57.5 Å². The van der Waals surface area contributed by atoms with Crippen molar-refractivity contribution in [2.45, 2.75) is 83.7 Å². The Morgan fingerprint density at radius 1 is 1.25 bits per heavy atom. The summed E-state index contributed by atoms with van der Waals surface area (Å²) in [6.45, 7) is 2.19.